The van der Waals surface area contributed by atoms with Crippen LogP contribution in [0.2, 0.25) is 0 Å². The third-order valence-electron chi connectivity index (χ3n) is 0.940. The maximum atomic E-state index is 3.05. The predicted molar refractivity (Wildman–Crippen MR) is 42.5 cm³/mol. The van der Waals surface area contributed by atoms with Gasteiger partial charge < -0.3 is 5.32 Å². The number of hydrogen-bond acceptors (Lipinski definition) is 1. The van der Waals surface area contributed by atoms with Gasteiger partial charge in [-0.25, -0.2) is 0 Å². The Bertz CT molecular complexity index is 87.2. The fourth-order valence-corrected chi connectivity index (χ4v) is 0.530. The van der Waals surface area contributed by atoms with Crippen LogP contribution >= 0.6 is 0 Å². The van der Waals surface area contributed by atoms with E-state index in [0.717, 1.165) is 6.54 Å². The van der Waals surface area contributed by atoms with E-state index in [-0.39, 0.29) is 0 Å². The normalized spacial score (nSPS) is 12.9. The van der Waals surface area contributed by atoms with E-state index in [1.807, 2.05) is 7.05 Å². The van der Waals surface area contributed by atoms with E-state index in [2.05, 4.69) is 38.2 Å². The van der Waals surface area contributed by atoms with Gasteiger partial charge in [0, 0.05) is 6.54 Å². The molecule has 0 saturated carbocycles. The average molecular weight is 127 g/mol. The second-order valence-electron chi connectivity index (χ2n) is 3.33. The summed E-state index contributed by atoms with van der Waals surface area (Å²) in [6.07, 6.45) is 4.36. The number of rotatable bonds is 2. The summed E-state index contributed by atoms with van der Waals surface area (Å²) in [5, 5.41) is 3.05. The van der Waals surface area contributed by atoms with Crippen LogP contribution in [0.25, 0.3) is 0 Å². The highest BCUT2D eigenvalue weighted by Crippen LogP contribution is 2.13. The molecule has 0 aromatic heterocycles. The lowest BCUT2D eigenvalue weighted by Gasteiger charge is -2.10. The van der Waals surface area contributed by atoms with Gasteiger partial charge in [0.15, 0.2) is 0 Å². The van der Waals surface area contributed by atoms with Gasteiger partial charge in [0.2, 0.25) is 0 Å². The first-order valence-corrected chi connectivity index (χ1v) is 3.38. The molecule has 0 aliphatic rings. The van der Waals surface area contributed by atoms with Gasteiger partial charge in [-0.3, -0.25) is 0 Å². The summed E-state index contributed by atoms with van der Waals surface area (Å²) in [5.41, 5.74) is 0.330. The van der Waals surface area contributed by atoms with Gasteiger partial charge in [-0.1, -0.05) is 32.9 Å². The summed E-state index contributed by atoms with van der Waals surface area (Å²) in [4.78, 5) is 0. The Hall–Kier alpha value is -0.300. The molecule has 0 saturated heterocycles. The van der Waals surface area contributed by atoms with E-state index in [1.165, 1.54) is 0 Å². The molecule has 0 spiro atoms. The highest BCUT2D eigenvalue weighted by molar-refractivity contribution is 4.92. The first kappa shape index (κ1) is 8.70. The first-order chi connectivity index (χ1) is 4.06. The van der Waals surface area contributed by atoms with Crippen molar-refractivity contribution >= 4 is 0 Å². The molecule has 0 heterocycles. The third-order valence-corrected chi connectivity index (χ3v) is 0.940. The molecule has 0 aliphatic heterocycles. The Morgan fingerprint density at radius 2 is 1.89 bits per heavy atom. The van der Waals surface area contributed by atoms with Gasteiger partial charge in [0.05, 0.1) is 0 Å². The van der Waals surface area contributed by atoms with Crippen molar-refractivity contribution in [2.45, 2.75) is 20.8 Å². The molecule has 9 heavy (non-hydrogen) atoms. The average Bonchev–Trinajstić information content (AvgIpc) is 1.63. The molecule has 0 aromatic rings. The zero-order valence-electron chi connectivity index (χ0n) is 6.86. The second kappa shape index (κ2) is 3.67. The number of likely N-dealkylation sites (N-methyl/N-ethyl adjacent to an activating group) is 1. The molecule has 54 valence electrons. The van der Waals surface area contributed by atoms with E-state index in [4.69, 9.17) is 0 Å². The van der Waals surface area contributed by atoms with Crippen molar-refractivity contribution in [3.05, 3.63) is 12.2 Å². The minimum atomic E-state index is 0.330. The van der Waals surface area contributed by atoms with Crippen molar-refractivity contribution in [3.63, 3.8) is 0 Å². The van der Waals surface area contributed by atoms with Crippen molar-refractivity contribution in [2.75, 3.05) is 13.6 Å². The first-order valence-electron chi connectivity index (χ1n) is 3.38. The molecule has 0 unspecified atom stereocenters. The molecule has 0 rings (SSSR count). The Morgan fingerprint density at radius 3 is 2.22 bits per heavy atom. The van der Waals surface area contributed by atoms with Crippen LogP contribution in [0, 0.1) is 5.41 Å². The van der Waals surface area contributed by atoms with Gasteiger partial charge >= 0.3 is 0 Å². The van der Waals surface area contributed by atoms with Gasteiger partial charge in [-0.15, -0.1) is 0 Å². The molecule has 1 N–H and O–H groups in total. The maximum absolute atomic E-state index is 3.05. The highest BCUT2D eigenvalue weighted by atomic mass is 14.8. The topological polar surface area (TPSA) is 12.0 Å². The van der Waals surface area contributed by atoms with Gasteiger partial charge in [0.25, 0.3) is 0 Å². The minimum absolute atomic E-state index is 0.330. The molecule has 0 aliphatic carbocycles. The summed E-state index contributed by atoms with van der Waals surface area (Å²) >= 11 is 0. The van der Waals surface area contributed by atoms with Gasteiger partial charge in [-0.2, -0.15) is 0 Å². The molecule has 0 bridgehead atoms. The molecule has 1 nitrogen and oxygen atoms in total. The maximum Gasteiger partial charge on any atom is 0.0132 e. The molecule has 0 amide bonds. The molecule has 0 fully saturated rings. The summed E-state index contributed by atoms with van der Waals surface area (Å²) in [6, 6.07) is 0. The smallest absolute Gasteiger partial charge is 0.0132 e. The van der Waals surface area contributed by atoms with Crippen LogP contribution < -0.4 is 5.32 Å². The lowest BCUT2D eigenvalue weighted by molar-refractivity contribution is 0.542. The van der Waals surface area contributed by atoms with E-state index < -0.39 is 0 Å². The SMILES string of the molecule is CNCC=CC(C)(C)C. The fourth-order valence-electron chi connectivity index (χ4n) is 0.530. The van der Waals surface area contributed by atoms with E-state index in [0.29, 0.717) is 5.41 Å². The zero-order chi connectivity index (χ0) is 7.33. The molecule has 0 aromatic carbocycles. The molecule has 1 heteroatoms. The Kier molecular flexibility index (Phi) is 3.55. The number of hydrogen-bond donors (Lipinski definition) is 1. The third kappa shape index (κ3) is 7.70. The van der Waals surface area contributed by atoms with Crippen LogP contribution in [0.1, 0.15) is 20.8 Å². The zero-order valence-corrected chi connectivity index (χ0v) is 6.86. The van der Waals surface area contributed by atoms with E-state index >= 15 is 0 Å². The largest absolute Gasteiger partial charge is 0.316 e. The van der Waals surface area contributed by atoms with Crippen molar-refractivity contribution in [1.29, 1.82) is 0 Å². The van der Waals surface area contributed by atoms with Crippen LogP contribution in [0.5, 0.6) is 0 Å². The Balaban J connectivity index is 3.45. The van der Waals surface area contributed by atoms with E-state index in [1.54, 1.807) is 0 Å². The Labute approximate surface area is 58.2 Å². The minimum Gasteiger partial charge on any atom is -0.316 e. The monoisotopic (exact) mass is 127 g/mol. The standard InChI is InChI=1S/C8H17N/c1-8(2,3)6-5-7-9-4/h5-6,9H,7H2,1-4H3. The lowest BCUT2D eigenvalue weighted by Crippen LogP contribution is -2.06. The summed E-state index contributed by atoms with van der Waals surface area (Å²) in [6.45, 7) is 7.55. The number of allylic oxidation sites excluding steroid dienone is 1. The van der Waals surface area contributed by atoms with E-state index in [9.17, 15) is 0 Å². The molecular formula is C8H17N. The molecular weight excluding hydrogens is 110 g/mol. The summed E-state index contributed by atoms with van der Waals surface area (Å²) in [7, 11) is 1.95. The summed E-state index contributed by atoms with van der Waals surface area (Å²) < 4.78 is 0. The predicted octanol–water partition coefficient (Wildman–Crippen LogP) is 1.81. The van der Waals surface area contributed by atoms with Crippen molar-refractivity contribution < 1.29 is 0 Å². The van der Waals surface area contributed by atoms with Gasteiger partial charge in [-0.05, 0) is 12.5 Å². The molecule has 0 atom stereocenters. The number of nitrogens with one attached hydrogen (secondary N) is 1. The highest BCUT2D eigenvalue weighted by Gasteiger charge is 2.01. The second-order valence-corrected chi connectivity index (χ2v) is 3.33. The van der Waals surface area contributed by atoms with Crippen molar-refractivity contribution in [1.82, 2.24) is 5.32 Å². The lowest BCUT2D eigenvalue weighted by atomic mass is 9.96. The van der Waals surface area contributed by atoms with Crippen molar-refractivity contribution in [3.8, 4) is 0 Å². The van der Waals surface area contributed by atoms with Crippen LogP contribution in [-0.2, 0) is 0 Å². The van der Waals surface area contributed by atoms with Crippen LogP contribution in [-0.4, -0.2) is 13.6 Å². The summed E-state index contributed by atoms with van der Waals surface area (Å²) in [5.74, 6) is 0. The fraction of sp³-hybridized carbons (Fsp3) is 0.750. The van der Waals surface area contributed by atoms with Crippen LogP contribution in [0.3, 0.4) is 0 Å². The van der Waals surface area contributed by atoms with Gasteiger partial charge in [0.1, 0.15) is 0 Å². The Morgan fingerprint density at radius 1 is 1.33 bits per heavy atom. The van der Waals surface area contributed by atoms with Crippen LogP contribution in [0.4, 0.5) is 0 Å². The molecule has 0 radical (unpaired) electrons. The van der Waals surface area contributed by atoms with Crippen molar-refractivity contribution in [2.24, 2.45) is 5.41 Å². The van der Waals surface area contributed by atoms with Crippen LogP contribution in [0.15, 0.2) is 12.2 Å². The quantitative estimate of drug-likeness (QED) is 0.558.